The van der Waals surface area contributed by atoms with Crippen LogP contribution in [0.1, 0.15) is 5.56 Å². The molecular weight excluding hydrogens is 244 g/mol. The Morgan fingerprint density at radius 3 is 2.83 bits per heavy atom. The third-order valence-electron chi connectivity index (χ3n) is 2.84. The smallest absolute Gasteiger partial charge is 0.266 e. The zero-order valence-electron chi connectivity index (χ0n) is 9.31. The van der Waals surface area contributed by atoms with Gasteiger partial charge in [0, 0.05) is 27.4 Å². The summed E-state index contributed by atoms with van der Waals surface area (Å²) in [6, 6.07) is 11.7. The van der Waals surface area contributed by atoms with Crippen LogP contribution in [-0.4, -0.2) is 4.98 Å². The number of fused-ring (bicyclic) bond motifs is 1. The molecule has 0 radical (unpaired) electrons. The van der Waals surface area contributed by atoms with Gasteiger partial charge in [-0.05, 0) is 17.5 Å². The topological polar surface area (TPSA) is 56.6 Å². The van der Waals surface area contributed by atoms with Crippen molar-refractivity contribution in [3.05, 3.63) is 57.8 Å². The highest BCUT2D eigenvalue weighted by Gasteiger charge is 2.12. The van der Waals surface area contributed by atoms with Gasteiger partial charge in [0.1, 0.15) is 11.6 Å². The predicted molar refractivity (Wildman–Crippen MR) is 72.6 cm³/mol. The van der Waals surface area contributed by atoms with E-state index in [1.807, 2.05) is 35.7 Å². The van der Waals surface area contributed by atoms with Crippen LogP contribution in [0.5, 0.6) is 0 Å². The molecule has 0 amide bonds. The molecule has 0 aliphatic carbocycles. The molecule has 0 unspecified atom stereocenters. The fourth-order valence-corrected chi connectivity index (χ4v) is 2.96. The summed E-state index contributed by atoms with van der Waals surface area (Å²) in [5, 5.41) is 12.2. The van der Waals surface area contributed by atoms with Gasteiger partial charge in [-0.15, -0.1) is 11.3 Å². The minimum absolute atomic E-state index is 0.168. The molecule has 0 saturated carbocycles. The normalized spacial score (nSPS) is 10.4. The largest absolute Gasteiger partial charge is 0.328 e. The van der Waals surface area contributed by atoms with E-state index in [1.165, 1.54) is 0 Å². The van der Waals surface area contributed by atoms with Crippen molar-refractivity contribution in [1.29, 1.82) is 5.26 Å². The summed E-state index contributed by atoms with van der Waals surface area (Å²) in [5.41, 5.74) is 1.46. The van der Waals surface area contributed by atoms with E-state index >= 15 is 0 Å². The van der Waals surface area contributed by atoms with Gasteiger partial charge in [0.05, 0.1) is 0 Å². The number of pyridine rings is 1. The maximum atomic E-state index is 11.6. The number of nitrogens with one attached hydrogen (secondary N) is 1. The number of hydrogen-bond donors (Lipinski definition) is 1. The van der Waals surface area contributed by atoms with E-state index in [9.17, 15) is 4.79 Å². The third-order valence-corrected chi connectivity index (χ3v) is 3.81. The number of nitrogens with zero attached hydrogens (tertiary/aromatic N) is 1. The predicted octanol–water partition coefficient (Wildman–Crippen LogP) is 3.13. The zero-order valence-corrected chi connectivity index (χ0v) is 10.1. The van der Waals surface area contributed by atoms with Crippen LogP contribution in [-0.2, 0) is 0 Å². The Labute approximate surface area is 107 Å². The van der Waals surface area contributed by atoms with Crippen molar-refractivity contribution >= 4 is 21.4 Å². The molecule has 2 aromatic heterocycles. The number of thiophene rings is 1. The highest BCUT2D eigenvalue weighted by molar-refractivity contribution is 7.17. The second kappa shape index (κ2) is 4.13. The van der Waals surface area contributed by atoms with Crippen molar-refractivity contribution in [2.24, 2.45) is 0 Å². The maximum Gasteiger partial charge on any atom is 0.266 e. The van der Waals surface area contributed by atoms with Gasteiger partial charge < -0.3 is 4.98 Å². The van der Waals surface area contributed by atoms with Gasteiger partial charge in [0.2, 0.25) is 0 Å². The Kier molecular flexibility index (Phi) is 2.47. The Hall–Kier alpha value is -2.38. The van der Waals surface area contributed by atoms with Gasteiger partial charge >= 0.3 is 0 Å². The number of aromatic nitrogens is 1. The fourth-order valence-electron chi connectivity index (χ4n) is 2.00. The highest BCUT2D eigenvalue weighted by Crippen LogP contribution is 2.34. The van der Waals surface area contributed by atoms with Gasteiger partial charge in [-0.3, -0.25) is 4.79 Å². The number of rotatable bonds is 1. The summed E-state index contributed by atoms with van der Waals surface area (Å²) < 4.78 is 1.15. The minimum atomic E-state index is -0.342. The minimum Gasteiger partial charge on any atom is -0.328 e. The third kappa shape index (κ3) is 1.53. The van der Waals surface area contributed by atoms with Gasteiger partial charge in [-0.1, -0.05) is 18.2 Å². The molecule has 4 heteroatoms. The summed E-state index contributed by atoms with van der Waals surface area (Å²) in [6.07, 6.45) is 1.57. The molecule has 0 aliphatic heterocycles. The summed E-state index contributed by atoms with van der Waals surface area (Å²) in [4.78, 5) is 14.2. The van der Waals surface area contributed by atoms with Crippen LogP contribution in [0, 0.1) is 11.3 Å². The second-order valence-electron chi connectivity index (χ2n) is 3.85. The second-order valence-corrected chi connectivity index (χ2v) is 4.76. The molecule has 3 aromatic rings. The number of hydrogen-bond acceptors (Lipinski definition) is 3. The zero-order chi connectivity index (χ0) is 12.5. The maximum absolute atomic E-state index is 11.6. The summed E-state index contributed by atoms with van der Waals surface area (Å²) in [7, 11) is 0. The Morgan fingerprint density at radius 2 is 2.00 bits per heavy atom. The van der Waals surface area contributed by atoms with Crippen LogP contribution in [0.3, 0.4) is 0 Å². The van der Waals surface area contributed by atoms with Crippen LogP contribution in [0.25, 0.3) is 21.2 Å². The van der Waals surface area contributed by atoms with Crippen molar-refractivity contribution in [2.75, 3.05) is 0 Å². The Morgan fingerprint density at radius 1 is 1.17 bits per heavy atom. The van der Waals surface area contributed by atoms with Crippen LogP contribution in [0.4, 0.5) is 0 Å². The van der Waals surface area contributed by atoms with Crippen LogP contribution < -0.4 is 5.56 Å². The average molecular weight is 252 g/mol. The number of H-pyrrole nitrogens is 1. The fraction of sp³-hybridized carbons (Fsp3) is 0. The molecule has 0 atom stereocenters. The van der Waals surface area contributed by atoms with E-state index in [0.717, 1.165) is 15.6 Å². The molecule has 3 rings (SSSR count). The quantitative estimate of drug-likeness (QED) is 0.723. The molecule has 0 spiro atoms. The molecular formula is C14H8N2OS. The molecule has 86 valence electrons. The Bertz CT molecular complexity index is 823. The van der Waals surface area contributed by atoms with Crippen molar-refractivity contribution in [2.45, 2.75) is 0 Å². The van der Waals surface area contributed by atoms with Gasteiger partial charge in [-0.25, -0.2) is 0 Å². The van der Waals surface area contributed by atoms with E-state index in [2.05, 4.69) is 4.98 Å². The molecule has 2 heterocycles. The lowest BCUT2D eigenvalue weighted by atomic mass is 10.0. The highest BCUT2D eigenvalue weighted by atomic mass is 32.1. The first kappa shape index (κ1) is 10.8. The van der Waals surface area contributed by atoms with E-state index < -0.39 is 0 Å². The van der Waals surface area contributed by atoms with Gasteiger partial charge in [0.25, 0.3) is 5.56 Å². The summed E-state index contributed by atoms with van der Waals surface area (Å²) >= 11 is 1.61. The number of aromatic amines is 1. The molecule has 1 aromatic carbocycles. The number of nitriles is 1. The lowest BCUT2D eigenvalue weighted by Gasteiger charge is -2.01. The van der Waals surface area contributed by atoms with Crippen molar-refractivity contribution in [3.8, 4) is 17.2 Å². The SMILES string of the molecule is N#Cc1c(-c2csc3ccccc23)cc[nH]c1=O. The van der Waals surface area contributed by atoms with E-state index in [-0.39, 0.29) is 11.1 Å². The first-order valence-corrected chi connectivity index (χ1v) is 6.27. The van der Waals surface area contributed by atoms with Crippen LogP contribution in [0.2, 0.25) is 0 Å². The molecule has 18 heavy (non-hydrogen) atoms. The summed E-state index contributed by atoms with van der Waals surface area (Å²) in [6.45, 7) is 0. The van der Waals surface area contributed by atoms with Gasteiger partial charge in [-0.2, -0.15) is 5.26 Å². The summed E-state index contributed by atoms with van der Waals surface area (Å²) in [5.74, 6) is 0. The van der Waals surface area contributed by atoms with Crippen molar-refractivity contribution in [3.63, 3.8) is 0 Å². The first-order valence-electron chi connectivity index (χ1n) is 5.39. The average Bonchev–Trinajstić information content (AvgIpc) is 2.82. The standard InChI is InChI=1S/C14H8N2OS/c15-7-11-9(5-6-16-14(11)17)12-8-18-13-4-2-1-3-10(12)13/h1-6,8H,(H,16,17). The molecule has 0 fully saturated rings. The first-order chi connectivity index (χ1) is 8.81. The van der Waals surface area contributed by atoms with E-state index in [1.54, 1.807) is 23.6 Å². The van der Waals surface area contributed by atoms with Crippen molar-refractivity contribution < 1.29 is 0 Å². The van der Waals surface area contributed by atoms with Crippen molar-refractivity contribution in [1.82, 2.24) is 4.98 Å². The van der Waals surface area contributed by atoms with Crippen LogP contribution >= 0.6 is 11.3 Å². The lowest BCUT2D eigenvalue weighted by molar-refractivity contribution is 1.22. The number of benzene rings is 1. The van der Waals surface area contributed by atoms with E-state index in [4.69, 9.17) is 5.26 Å². The Balaban J connectivity index is 2.38. The monoisotopic (exact) mass is 252 g/mol. The molecule has 0 aliphatic rings. The van der Waals surface area contributed by atoms with Gasteiger partial charge in [0.15, 0.2) is 0 Å². The van der Waals surface area contributed by atoms with Crippen LogP contribution in [0.15, 0.2) is 46.7 Å². The molecule has 0 saturated heterocycles. The molecule has 3 nitrogen and oxygen atoms in total. The lowest BCUT2D eigenvalue weighted by Crippen LogP contribution is -2.10. The molecule has 0 bridgehead atoms. The van der Waals surface area contributed by atoms with E-state index in [0.29, 0.717) is 5.56 Å². The molecule has 1 N–H and O–H groups in total.